The van der Waals surface area contributed by atoms with E-state index < -0.39 is 5.60 Å². The number of methoxy groups -OCH3 is 1. The van der Waals surface area contributed by atoms with E-state index in [0.717, 1.165) is 0 Å². The predicted octanol–water partition coefficient (Wildman–Crippen LogP) is 2.91. The molecule has 1 saturated heterocycles. The Morgan fingerprint density at radius 1 is 1.22 bits per heavy atom. The van der Waals surface area contributed by atoms with Gasteiger partial charge in [-0.05, 0) is 18.9 Å². The van der Waals surface area contributed by atoms with Gasteiger partial charge in [0.15, 0.2) is 0 Å². The van der Waals surface area contributed by atoms with Gasteiger partial charge in [-0.25, -0.2) is 9.97 Å². The van der Waals surface area contributed by atoms with Crippen LogP contribution >= 0.6 is 0 Å². The van der Waals surface area contributed by atoms with Gasteiger partial charge in [-0.2, -0.15) is 0 Å². The molecule has 1 aliphatic rings. The molecule has 3 rings (SSSR count). The summed E-state index contributed by atoms with van der Waals surface area (Å²) in [5, 5.41) is 11.3. The molecule has 0 bridgehead atoms. The number of piperidine rings is 1. The second-order valence-electron chi connectivity index (χ2n) is 8.11. The predicted molar refractivity (Wildman–Crippen MR) is 103 cm³/mol. The van der Waals surface area contributed by atoms with Crippen molar-refractivity contribution < 1.29 is 14.6 Å². The summed E-state index contributed by atoms with van der Waals surface area (Å²) in [5.41, 5.74) is -0.152. The molecule has 2 aromatic rings. The number of carbonyl (C=O) groups is 1. The highest BCUT2D eigenvalue weighted by atomic mass is 16.5. The Kier molecular flexibility index (Phi) is 5.20. The summed E-state index contributed by atoms with van der Waals surface area (Å²) >= 11 is 0. The van der Waals surface area contributed by atoms with Crippen molar-refractivity contribution in [2.24, 2.45) is 0 Å². The fraction of sp³-hybridized carbons (Fsp3) is 0.476. The first-order chi connectivity index (χ1) is 12.7. The number of hydrogen-bond acceptors (Lipinski definition) is 5. The highest BCUT2D eigenvalue weighted by molar-refractivity contribution is 5.93. The maximum Gasteiger partial charge on any atom is 0.257 e. The molecule has 1 amide bonds. The molecular formula is C21H27N3O3. The monoisotopic (exact) mass is 369 g/mol. The van der Waals surface area contributed by atoms with Crippen LogP contribution in [-0.4, -0.2) is 46.1 Å². The molecule has 6 heteroatoms. The number of benzene rings is 1. The first-order valence-corrected chi connectivity index (χ1v) is 9.22. The molecule has 1 aliphatic heterocycles. The Labute approximate surface area is 160 Å². The van der Waals surface area contributed by atoms with E-state index in [9.17, 15) is 9.90 Å². The van der Waals surface area contributed by atoms with Gasteiger partial charge in [0.25, 0.3) is 5.91 Å². The number of rotatable bonds is 3. The van der Waals surface area contributed by atoms with E-state index in [1.54, 1.807) is 24.4 Å². The Balaban J connectivity index is 1.82. The zero-order valence-corrected chi connectivity index (χ0v) is 16.4. The fourth-order valence-electron chi connectivity index (χ4n) is 3.47. The van der Waals surface area contributed by atoms with E-state index in [1.807, 2.05) is 45.0 Å². The van der Waals surface area contributed by atoms with Crippen LogP contribution in [0, 0.1) is 0 Å². The molecular weight excluding hydrogens is 342 g/mol. The summed E-state index contributed by atoms with van der Waals surface area (Å²) < 4.78 is 5.41. The van der Waals surface area contributed by atoms with Crippen molar-refractivity contribution in [3.63, 3.8) is 0 Å². The average molecular weight is 369 g/mol. The topological polar surface area (TPSA) is 75.6 Å². The lowest BCUT2D eigenvalue weighted by Gasteiger charge is -2.40. The number of carbonyl (C=O) groups excluding carboxylic acids is 1. The summed E-state index contributed by atoms with van der Waals surface area (Å²) in [6.07, 6.45) is 4.44. The highest BCUT2D eigenvalue weighted by Crippen LogP contribution is 2.37. The summed E-state index contributed by atoms with van der Waals surface area (Å²) in [6.45, 7) is 6.90. The minimum atomic E-state index is -1.13. The molecule has 0 aliphatic carbocycles. The van der Waals surface area contributed by atoms with E-state index in [2.05, 4.69) is 9.97 Å². The third-order valence-corrected chi connectivity index (χ3v) is 4.94. The third kappa shape index (κ3) is 3.95. The summed E-state index contributed by atoms with van der Waals surface area (Å²) in [4.78, 5) is 23.3. The van der Waals surface area contributed by atoms with Crippen molar-refractivity contribution in [2.75, 3.05) is 20.2 Å². The van der Waals surface area contributed by atoms with Crippen molar-refractivity contribution in [2.45, 2.75) is 44.6 Å². The molecule has 1 aromatic carbocycles. The standard InChI is InChI=1S/C21H27N3O3/c1-20(2,3)19-22-12-15(13-23-19)18(25)24-11-7-10-21(26,14-24)16-8-5-6-9-17(16)27-4/h5-6,8-9,12-13,26H,7,10-11,14H2,1-4H3. The highest BCUT2D eigenvalue weighted by Gasteiger charge is 2.39. The van der Waals surface area contributed by atoms with Crippen LogP contribution in [0.4, 0.5) is 0 Å². The first kappa shape index (κ1) is 19.3. The van der Waals surface area contributed by atoms with Gasteiger partial charge in [-0.3, -0.25) is 4.79 Å². The van der Waals surface area contributed by atoms with Crippen molar-refractivity contribution in [1.82, 2.24) is 14.9 Å². The zero-order chi connectivity index (χ0) is 19.7. The van der Waals surface area contributed by atoms with Gasteiger partial charge in [0.05, 0.1) is 19.2 Å². The molecule has 1 atom stereocenters. The molecule has 1 unspecified atom stereocenters. The lowest BCUT2D eigenvalue weighted by molar-refractivity contribution is -0.0303. The minimum absolute atomic E-state index is 0.163. The molecule has 0 radical (unpaired) electrons. The largest absolute Gasteiger partial charge is 0.496 e. The molecule has 1 aromatic heterocycles. The molecule has 0 saturated carbocycles. The maximum atomic E-state index is 12.9. The van der Waals surface area contributed by atoms with Crippen LogP contribution < -0.4 is 4.74 Å². The number of para-hydroxylation sites is 1. The van der Waals surface area contributed by atoms with Gasteiger partial charge in [-0.1, -0.05) is 39.0 Å². The van der Waals surface area contributed by atoms with Crippen LogP contribution in [0.1, 0.15) is 55.4 Å². The SMILES string of the molecule is COc1ccccc1C1(O)CCCN(C(=O)c2cnc(C(C)(C)C)nc2)C1. The number of β-amino-alcohol motifs (C(OH)–C–C–N with tert-alkyl or cyclic N) is 1. The summed E-state index contributed by atoms with van der Waals surface area (Å²) in [7, 11) is 1.59. The molecule has 2 heterocycles. The Morgan fingerprint density at radius 2 is 1.89 bits per heavy atom. The second kappa shape index (κ2) is 7.27. The molecule has 1 N–H and O–H groups in total. The van der Waals surface area contributed by atoms with Gasteiger partial charge in [0.1, 0.15) is 17.2 Å². The van der Waals surface area contributed by atoms with Gasteiger partial charge >= 0.3 is 0 Å². The quantitative estimate of drug-likeness (QED) is 0.900. The van der Waals surface area contributed by atoms with Crippen molar-refractivity contribution in [3.8, 4) is 5.75 Å². The average Bonchev–Trinajstić information content (AvgIpc) is 2.67. The Morgan fingerprint density at radius 3 is 2.52 bits per heavy atom. The van der Waals surface area contributed by atoms with Crippen molar-refractivity contribution in [3.05, 3.63) is 53.6 Å². The van der Waals surface area contributed by atoms with Crippen LogP contribution in [0.2, 0.25) is 0 Å². The molecule has 27 heavy (non-hydrogen) atoms. The van der Waals surface area contributed by atoms with E-state index in [0.29, 0.717) is 42.1 Å². The van der Waals surface area contributed by atoms with Gasteiger partial charge in [0, 0.05) is 29.9 Å². The zero-order valence-electron chi connectivity index (χ0n) is 16.4. The van der Waals surface area contributed by atoms with E-state index in [-0.39, 0.29) is 17.9 Å². The van der Waals surface area contributed by atoms with Crippen LogP contribution in [0.5, 0.6) is 5.75 Å². The molecule has 6 nitrogen and oxygen atoms in total. The number of nitrogens with zero attached hydrogens (tertiary/aromatic N) is 3. The lowest BCUT2D eigenvalue weighted by atomic mass is 9.85. The lowest BCUT2D eigenvalue weighted by Crippen LogP contribution is -2.48. The molecule has 1 fully saturated rings. The Hall–Kier alpha value is -2.47. The third-order valence-electron chi connectivity index (χ3n) is 4.94. The van der Waals surface area contributed by atoms with Gasteiger partial charge in [-0.15, -0.1) is 0 Å². The minimum Gasteiger partial charge on any atom is -0.496 e. The smallest absolute Gasteiger partial charge is 0.257 e. The fourth-order valence-corrected chi connectivity index (χ4v) is 3.47. The summed E-state index contributed by atoms with van der Waals surface area (Å²) in [5.74, 6) is 1.17. The van der Waals surface area contributed by atoms with Crippen LogP contribution in [0.3, 0.4) is 0 Å². The van der Waals surface area contributed by atoms with Crippen LogP contribution in [-0.2, 0) is 11.0 Å². The van der Waals surface area contributed by atoms with Crippen molar-refractivity contribution in [1.29, 1.82) is 0 Å². The summed E-state index contributed by atoms with van der Waals surface area (Å²) in [6, 6.07) is 7.42. The first-order valence-electron chi connectivity index (χ1n) is 9.22. The number of ether oxygens (including phenoxy) is 1. The number of aromatic nitrogens is 2. The second-order valence-corrected chi connectivity index (χ2v) is 8.11. The number of aliphatic hydroxyl groups is 1. The van der Waals surface area contributed by atoms with Crippen LogP contribution in [0.15, 0.2) is 36.7 Å². The normalized spacial score (nSPS) is 20.4. The van der Waals surface area contributed by atoms with Crippen LogP contribution in [0.25, 0.3) is 0 Å². The van der Waals surface area contributed by atoms with Crippen molar-refractivity contribution >= 4 is 5.91 Å². The Bertz CT molecular complexity index is 814. The van der Waals surface area contributed by atoms with E-state index in [4.69, 9.17) is 4.74 Å². The van der Waals surface area contributed by atoms with Gasteiger partial charge < -0.3 is 14.7 Å². The van der Waals surface area contributed by atoms with Gasteiger partial charge in [0.2, 0.25) is 0 Å². The van der Waals surface area contributed by atoms with E-state index in [1.165, 1.54) is 0 Å². The number of hydrogen-bond donors (Lipinski definition) is 1. The maximum absolute atomic E-state index is 12.9. The van der Waals surface area contributed by atoms with E-state index >= 15 is 0 Å². The number of amides is 1. The molecule has 0 spiro atoms. The molecule has 144 valence electrons. The number of likely N-dealkylation sites (tertiary alicyclic amines) is 1.